The van der Waals surface area contributed by atoms with Gasteiger partial charge in [-0.3, -0.25) is 9.59 Å². The minimum Gasteiger partial charge on any atom is -0.497 e. The summed E-state index contributed by atoms with van der Waals surface area (Å²) < 4.78 is 10.0. The minimum atomic E-state index is -0.472. The molecule has 0 atom stereocenters. The van der Waals surface area contributed by atoms with Crippen molar-refractivity contribution in [1.82, 2.24) is 0 Å². The predicted molar refractivity (Wildman–Crippen MR) is 80.5 cm³/mol. The molecule has 0 heterocycles. The molecule has 0 amide bonds. The van der Waals surface area contributed by atoms with Gasteiger partial charge in [0.1, 0.15) is 18.0 Å². The van der Waals surface area contributed by atoms with Gasteiger partial charge in [0.25, 0.3) is 0 Å². The van der Waals surface area contributed by atoms with Gasteiger partial charge >= 0.3 is 5.97 Å². The van der Waals surface area contributed by atoms with Crippen LogP contribution in [0.4, 0.5) is 0 Å². The third-order valence-corrected chi connectivity index (χ3v) is 3.21. The minimum absolute atomic E-state index is 0.149. The van der Waals surface area contributed by atoms with Gasteiger partial charge < -0.3 is 9.47 Å². The second kappa shape index (κ2) is 6.88. The van der Waals surface area contributed by atoms with E-state index in [4.69, 9.17) is 9.47 Å². The standard InChI is InChI=1S/C17H18O4/c1-3-21-17(19)10-14(18)9-13-6-4-5-12-7-8-15(20-2)11-16(12)13/h4-8,11H,3,9-10H2,1-2H3. The molecule has 2 aromatic rings. The van der Waals surface area contributed by atoms with Crippen molar-refractivity contribution in [1.29, 1.82) is 0 Å². The maximum Gasteiger partial charge on any atom is 0.313 e. The Morgan fingerprint density at radius 1 is 1.14 bits per heavy atom. The van der Waals surface area contributed by atoms with Crippen molar-refractivity contribution in [2.45, 2.75) is 19.8 Å². The van der Waals surface area contributed by atoms with Crippen molar-refractivity contribution in [3.05, 3.63) is 42.0 Å². The lowest BCUT2D eigenvalue weighted by Gasteiger charge is -2.08. The first-order valence-electron chi connectivity index (χ1n) is 6.87. The first kappa shape index (κ1) is 15.0. The fourth-order valence-electron chi connectivity index (χ4n) is 2.25. The van der Waals surface area contributed by atoms with E-state index in [-0.39, 0.29) is 25.2 Å². The number of carbonyl (C=O) groups is 2. The lowest BCUT2D eigenvalue weighted by Crippen LogP contribution is -2.13. The topological polar surface area (TPSA) is 52.6 Å². The summed E-state index contributed by atoms with van der Waals surface area (Å²) in [5, 5.41) is 2.01. The second-order valence-corrected chi connectivity index (χ2v) is 4.70. The summed E-state index contributed by atoms with van der Waals surface area (Å²) in [5.41, 5.74) is 0.890. The van der Waals surface area contributed by atoms with Gasteiger partial charge in [0.2, 0.25) is 0 Å². The first-order valence-corrected chi connectivity index (χ1v) is 6.87. The normalized spacial score (nSPS) is 10.4. The summed E-state index contributed by atoms with van der Waals surface area (Å²) in [6, 6.07) is 11.5. The van der Waals surface area contributed by atoms with Gasteiger partial charge in [-0.15, -0.1) is 0 Å². The number of esters is 1. The number of ketones is 1. The van der Waals surface area contributed by atoms with E-state index in [1.165, 1.54) is 0 Å². The largest absolute Gasteiger partial charge is 0.497 e. The number of benzene rings is 2. The van der Waals surface area contributed by atoms with Crippen molar-refractivity contribution in [2.75, 3.05) is 13.7 Å². The number of fused-ring (bicyclic) bond motifs is 1. The number of methoxy groups -OCH3 is 1. The van der Waals surface area contributed by atoms with E-state index in [1.807, 2.05) is 36.4 Å². The molecule has 0 saturated heterocycles. The zero-order valence-electron chi connectivity index (χ0n) is 12.2. The van der Waals surface area contributed by atoms with Gasteiger partial charge in [-0.1, -0.05) is 24.3 Å². The molecule has 0 aromatic heterocycles. The third-order valence-electron chi connectivity index (χ3n) is 3.21. The van der Waals surface area contributed by atoms with Crippen LogP contribution in [0.3, 0.4) is 0 Å². The average Bonchev–Trinajstić information content (AvgIpc) is 2.47. The lowest BCUT2D eigenvalue weighted by atomic mass is 9.99. The second-order valence-electron chi connectivity index (χ2n) is 4.70. The number of hydrogen-bond donors (Lipinski definition) is 0. The molecule has 0 saturated carbocycles. The van der Waals surface area contributed by atoms with Crippen LogP contribution in [0.5, 0.6) is 5.75 Å². The Morgan fingerprint density at radius 3 is 2.67 bits per heavy atom. The van der Waals surface area contributed by atoms with Gasteiger partial charge in [0, 0.05) is 6.42 Å². The third kappa shape index (κ3) is 3.81. The molecule has 0 bridgehead atoms. The molecule has 0 aliphatic rings. The summed E-state index contributed by atoms with van der Waals surface area (Å²) in [7, 11) is 1.61. The van der Waals surface area contributed by atoms with Crippen LogP contribution < -0.4 is 4.74 Å². The van der Waals surface area contributed by atoms with Crippen molar-refractivity contribution in [3.63, 3.8) is 0 Å². The van der Waals surface area contributed by atoms with E-state index >= 15 is 0 Å². The van der Waals surface area contributed by atoms with Crippen LogP contribution in [-0.4, -0.2) is 25.5 Å². The van der Waals surface area contributed by atoms with E-state index in [1.54, 1.807) is 14.0 Å². The van der Waals surface area contributed by atoms with Gasteiger partial charge in [-0.05, 0) is 35.4 Å². The Kier molecular flexibility index (Phi) is 4.93. The molecular formula is C17H18O4. The SMILES string of the molecule is CCOC(=O)CC(=O)Cc1cccc2ccc(OC)cc12. The van der Waals surface area contributed by atoms with E-state index in [9.17, 15) is 9.59 Å². The summed E-state index contributed by atoms with van der Waals surface area (Å²) in [4.78, 5) is 23.3. The average molecular weight is 286 g/mol. The number of Topliss-reactive ketones (excluding diaryl/α,β-unsaturated/α-hetero) is 1. The maximum atomic E-state index is 12.0. The van der Waals surface area contributed by atoms with Crippen molar-refractivity contribution in [3.8, 4) is 5.75 Å². The number of carbonyl (C=O) groups excluding carboxylic acids is 2. The maximum absolute atomic E-state index is 12.0. The quantitative estimate of drug-likeness (QED) is 0.605. The van der Waals surface area contributed by atoms with Crippen LogP contribution in [0, 0.1) is 0 Å². The van der Waals surface area contributed by atoms with Crippen LogP contribution in [0.25, 0.3) is 10.8 Å². The number of ether oxygens (including phenoxy) is 2. The number of hydrogen-bond acceptors (Lipinski definition) is 4. The molecule has 0 fully saturated rings. The fraction of sp³-hybridized carbons (Fsp3) is 0.294. The molecule has 4 nitrogen and oxygen atoms in total. The van der Waals surface area contributed by atoms with Crippen LogP contribution in [0.1, 0.15) is 18.9 Å². The molecule has 0 unspecified atom stereocenters. The number of rotatable bonds is 6. The van der Waals surface area contributed by atoms with Gasteiger partial charge in [0.05, 0.1) is 13.7 Å². The summed E-state index contributed by atoms with van der Waals surface area (Å²) in [5.74, 6) is 0.122. The molecule has 0 radical (unpaired) electrons. The Hall–Kier alpha value is -2.36. The van der Waals surface area contributed by atoms with E-state index in [0.717, 1.165) is 22.1 Å². The fourth-order valence-corrected chi connectivity index (χ4v) is 2.25. The Balaban J connectivity index is 2.21. The molecule has 2 aromatic carbocycles. The molecule has 21 heavy (non-hydrogen) atoms. The van der Waals surface area contributed by atoms with Crippen molar-refractivity contribution in [2.24, 2.45) is 0 Å². The van der Waals surface area contributed by atoms with Gasteiger partial charge in [-0.25, -0.2) is 0 Å². The lowest BCUT2D eigenvalue weighted by molar-refractivity contribution is -0.145. The van der Waals surface area contributed by atoms with Crippen molar-refractivity contribution < 1.29 is 19.1 Å². The summed E-state index contributed by atoms with van der Waals surface area (Å²) in [6.45, 7) is 2.01. The Bertz CT molecular complexity index is 661. The van der Waals surface area contributed by atoms with Gasteiger partial charge in [-0.2, -0.15) is 0 Å². The van der Waals surface area contributed by atoms with Gasteiger partial charge in [0.15, 0.2) is 0 Å². The highest BCUT2D eigenvalue weighted by Crippen LogP contribution is 2.24. The molecule has 0 aliphatic carbocycles. The predicted octanol–water partition coefficient (Wildman–Crippen LogP) is 2.91. The smallest absolute Gasteiger partial charge is 0.313 e. The summed E-state index contributed by atoms with van der Waals surface area (Å²) >= 11 is 0. The molecular weight excluding hydrogens is 268 g/mol. The molecule has 0 aliphatic heterocycles. The van der Waals surface area contributed by atoms with Crippen LogP contribution in [-0.2, 0) is 20.7 Å². The van der Waals surface area contributed by atoms with Crippen molar-refractivity contribution >= 4 is 22.5 Å². The molecule has 110 valence electrons. The molecule has 0 N–H and O–H groups in total. The van der Waals surface area contributed by atoms with Crippen LogP contribution in [0.15, 0.2) is 36.4 Å². The molecule has 0 spiro atoms. The zero-order chi connectivity index (χ0) is 15.2. The monoisotopic (exact) mass is 286 g/mol. The Morgan fingerprint density at radius 2 is 1.95 bits per heavy atom. The first-order chi connectivity index (χ1) is 10.1. The molecule has 4 heteroatoms. The summed E-state index contributed by atoms with van der Waals surface area (Å²) in [6.07, 6.45) is 0.0253. The highest BCUT2D eigenvalue weighted by Gasteiger charge is 2.12. The molecule has 2 rings (SSSR count). The Labute approximate surface area is 123 Å². The van der Waals surface area contributed by atoms with E-state index in [2.05, 4.69) is 0 Å². The van der Waals surface area contributed by atoms with Crippen LogP contribution >= 0.6 is 0 Å². The zero-order valence-corrected chi connectivity index (χ0v) is 12.2. The highest BCUT2D eigenvalue weighted by atomic mass is 16.5. The highest BCUT2D eigenvalue weighted by molar-refractivity contribution is 5.99. The van der Waals surface area contributed by atoms with E-state index < -0.39 is 5.97 Å². The van der Waals surface area contributed by atoms with E-state index in [0.29, 0.717) is 0 Å². The van der Waals surface area contributed by atoms with Crippen LogP contribution in [0.2, 0.25) is 0 Å².